The van der Waals surface area contributed by atoms with E-state index in [1.165, 1.54) is 5.56 Å². The van der Waals surface area contributed by atoms with E-state index in [0.717, 1.165) is 16.7 Å². The average Bonchev–Trinajstić information content (AvgIpc) is 3.35. The second-order valence-corrected chi connectivity index (χ2v) is 8.68. The van der Waals surface area contributed by atoms with Crippen molar-refractivity contribution in [1.82, 2.24) is 15.4 Å². The van der Waals surface area contributed by atoms with Crippen LogP contribution >= 0.6 is 0 Å². The predicted molar refractivity (Wildman–Crippen MR) is 135 cm³/mol. The highest BCUT2D eigenvalue weighted by Gasteiger charge is 2.20. The molecule has 35 heavy (non-hydrogen) atoms. The first kappa shape index (κ1) is 24.0. The summed E-state index contributed by atoms with van der Waals surface area (Å²) in [6.07, 6.45) is 0.705. The lowest BCUT2D eigenvalue weighted by Gasteiger charge is -2.21. The Morgan fingerprint density at radius 1 is 0.857 bits per heavy atom. The number of hydrogen-bond acceptors (Lipinski definition) is 4. The molecule has 4 aromatic rings. The Kier molecular flexibility index (Phi) is 7.73. The van der Waals surface area contributed by atoms with Crippen LogP contribution in [-0.2, 0) is 19.5 Å². The van der Waals surface area contributed by atoms with Gasteiger partial charge in [0.25, 0.3) is 11.8 Å². The first-order valence-corrected chi connectivity index (χ1v) is 11.7. The highest BCUT2D eigenvalue weighted by atomic mass is 16.5. The summed E-state index contributed by atoms with van der Waals surface area (Å²) in [6, 6.07) is 27.1. The molecule has 2 amide bonds. The van der Waals surface area contributed by atoms with Gasteiger partial charge in [0, 0.05) is 24.7 Å². The van der Waals surface area contributed by atoms with Crippen molar-refractivity contribution in [3.05, 3.63) is 124 Å². The Morgan fingerprint density at radius 3 is 2.20 bits per heavy atom. The molecule has 6 nitrogen and oxygen atoms in total. The zero-order valence-electron chi connectivity index (χ0n) is 20.0. The Balaban J connectivity index is 1.43. The minimum absolute atomic E-state index is 0.0947. The summed E-state index contributed by atoms with van der Waals surface area (Å²) in [7, 11) is 0. The number of carbonyl (C=O) groups excluding carboxylic acids is 2. The van der Waals surface area contributed by atoms with Crippen LogP contribution in [0.15, 0.2) is 89.5 Å². The van der Waals surface area contributed by atoms with Gasteiger partial charge < -0.3 is 14.7 Å². The van der Waals surface area contributed by atoms with E-state index in [0.29, 0.717) is 30.8 Å². The van der Waals surface area contributed by atoms with Gasteiger partial charge in [-0.05, 0) is 43.5 Å². The third-order valence-electron chi connectivity index (χ3n) is 5.81. The normalized spacial score (nSPS) is 10.7. The average molecular weight is 468 g/mol. The highest BCUT2D eigenvalue weighted by Crippen LogP contribution is 2.14. The highest BCUT2D eigenvalue weighted by molar-refractivity contribution is 5.94. The summed E-state index contributed by atoms with van der Waals surface area (Å²) >= 11 is 0. The van der Waals surface area contributed by atoms with Crippen LogP contribution in [0.25, 0.3) is 0 Å². The molecule has 1 heterocycles. The number of aryl methyl sites for hydroxylation is 2. The number of carbonyl (C=O) groups is 2. The van der Waals surface area contributed by atoms with Gasteiger partial charge in [-0.3, -0.25) is 9.59 Å². The summed E-state index contributed by atoms with van der Waals surface area (Å²) in [5, 5.41) is 6.79. The molecule has 3 aromatic carbocycles. The zero-order chi connectivity index (χ0) is 24.6. The van der Waals surface area contributed by atoms with E-state index in [4.69, 9.17) is 4.52 Å². The molecule has 6 heteroatoms. The molecule has 0 atom stereocenters. The van der Waals surface area contributed by atoms with Gasteiger partial charge in [-0.15, -0.1) is 0 Å². The van der Waals surface area contributed by atoms with Crippen LogP contribution in [-0.4, -0.2) is 28.4 Å². The van der Waals surface area contributed by atoms with E-state index in [-0.39, 0.29) is 24.1 Å². The number of amides is 2. The second kappa shape index (κ2) is 11.3. The summed E-state index contributed by atoms with van der Waals surface area (Å²) in [6.45, 7) is 5.13. The standard InChI is InChI=1S/C29H29N3O3/c1-21-8-12-24(13-9-21)19-30-28(33)27-18-26(35-31-27)20-32(17-16-23-6-4-3-5-7-23)29(34)25-14-10-22(2)11-15-25/h3-15,18H,16-17,19-20H2,1-2H3,(H,30,33). The van der Waals surface area contributed by atoms with Crippen molar-refractivity contribution in [2.45, 2.75) is 33.4 Å². The number of aromatic nitrogens is 1. The minimum Gasteiger partial charge on any atom is -0.359 e. The molecule has 0 fully saturated rings. The van der Waals surface area contributed by atoms with Gasteiger partial charge in [0.05, 0.1) is 6.54 Å². The van der Waals surface area contributed by atoms with Crippen molar-refractivity contribution < 1.29 is 14.1 Å². The van der Waals surface area contributed by atoms with Gasteiger partial charge in [0.2, 0.25) is 0 Å². The second-order valence-electron chi connectivity index (χ2n) is 8.68. The molecule has 0 saturated heterocycles. The molecule has 0 saturated carbocycles. The Labute approximate surface area is 205 Å². The molecule has 0 radical (unpaired) electrons. The van der Waals surface area contributed by atoms with Crippen LogP contribution in [0.5, 0.6) is 0 Å². The molecular formula is C29H29N3O3. The van der Waals surface area contributed by atoms with E-state index in [1.54, 1.807) is 11.0 Å². The van der Waals surface area contributed by atoms with Crippen molar-refractivity contribution in [2.24, 2.45) is 0 Å². The van der Waals surface area contributed by atoms with Crippen LogP contribution < -0.4 is 5.32 Å². The Morgan fingerprint density at radius 2 is 1.51 bits per heavy atom. The lowest BCUT2D eigenvalue weighted by atomic mass is 10.1. The minimum atomic E-state index is -0.318. The first-order valence-electron chi connectivity index (χ1n) is 11.7. The molecular weight excluding hydrogens is 438 g/mol. The van der Waals surface area contributed by atoms with Gasteiger partial charge in [-0.2, -0.15) is 0 Å². The van der Waals surface area contributed by atoms with Gasteiger partial charge in [0.15, 0.2) is 11.5 Å². The topological polar surface area (TPSA) is 75.4 Å². The van der Waals surface area contributed by atoms with E-state index in [1.807, 2.05) is 92.7 Å². The molecule has 1 N–H and O–H groups in total. The van der Waals surface area contributed by atoms with E-state index >= 15 is 0 Å². The smallest absolute Gasteiger partial charge is 0.273 e. The zero-order valence-corrected chi connectivity index (χ0v) is 20.0. The summed E-state index contributed by atoms with van der Waals surface area (Å²) in [5.41, 5.74) is 5.20. The maximum atomic E-state index is 13.3. The van der Waals surface area contributed by atoms with Crippen LogP contribution in [0.1, 0.15) is 48.9 Å². The quantitative estimate of drug-likeness (QED) is 0.371. The number of rotatable bonds is 9. The SMILES string of the molecule is Cc1ccc(CNC(=O)c2cc(CN(CCc3ccccc3)C(=O)c3ccc(C)cc3)on2)cc1. The van der Waals surface area contributed by atoms with Crippen LogP contribution in [0.3, 0.4) is 0 Å². The van der Waals surface area contributed by atoms with Crippen molar-refractivity contribution in [3.8, 4) is 0 Å². The Hall–Kier alpha value is -4.19. The fraction of sp³-hybridized carbons (Fsp3) is 0.207. The molecule has 0 aliphatic rings. The van der Waals surface area contributed by atoms with E-state index in [2.05, 4.69) is 10.5 Å². The van der Waals surface area contributed by atoms with Gasteiger partial charge in [0.1, 0.15) is 0 Å². The van der Waals surface area contributed by atoms with Crippen LogP contribution in [0.2, 0.25) is 0 Å². The van der Waals surface area contributed by atoms with Gasteiger partial charge in [-0.25, -0.2) is 0 Å². The predicted octanol–water partition coefficient (Wildman–Crippen LogP) is 5.11. The number of benzene rings is 3. The third kappa shape index (κ3) is 6.67. The number of nitrogens with zero attached hydrogens (tertiary/aromatic N) is 2. The molecule has 0 aliphatic carbocycles. The van der Waals surface area contributed by atoms with Crippen molar-refractivity contribution >= 4 is 11.8 Å². The summed E-state index contributed by atoms with van der Waals surface area (Å²) in [5.74, 6) is 0.0444. The van der Waals surface area contributed by atoms with Gasteiger partial charge in [-0.1, -0.05) is 83.0 Å². The maximum Gasteiger partial charge on any atom is 0.273 e. The number of nitrogens with one attached hydrogen (secondary N) is 1. The first-order chi connectivity index (χ1) is 17.0. The van der Waals surface area contributed by atoms with Crippen molar-refractivity contribution in [2.75, 3.05) is 6.54 Å². The largest absolute Gasteiger partial charge is 0.359 e. The summed E-state index contributed by atoms with van der Waals surface area (Å²) in [4.78, 5) is 27.6. The molecule has 1 aromatic heterocycles. The van der Waals surface area contributed by atoms with Gasteiger partial charge >= 0.3 is 0 Å². The molecule has 0 unspecified atom stereocenters. The van der Waals surface area contributed by atoms with Crippen molar-refractivity contribution in [3.63, 3.8) is 0 Å². The molecule has 0 aliphatic heterocycles. The molecule has 178 valence electrons. The third-order valence-corrected chi connectivity index (χ3v) is 5.81. The van der Waals surface area contributed by atoms with E-state index in [9.17, 15) is 9.59 Å². The lowest BCUT2D eigenvalue weighted by Crippen LogP contribution is -2.32. The summed E-state index contributed by atoms with van der Waals surface area (Å²) < 4.78 is 5.44. The lowest BCUT2D eigenvalue weighted by molar-refractivity contribution is 0.0729. The molecule has 0 spiro atoms. The van der Waals surface area contributed by atoms with Crippen LogP contribution in [0, 0.1) is 13.8 Å². The fourth-order valence-corrected chi connectivity index (χ4v) is 3.70. The molecule has 0 bridgehead atoms. The maximum absolute atomic E-state index is 13.3. The number of hydrogen-bond donors (Lipinski definition) is 1. The van der Waals surface area contributed by atoms with Crippen LogP contribution in [0.4, 0.5) is 0 Å². The monoisotopic (exact) mass is 467 g/mol. The van der Waals surface area contributed by atoms with Crippen molar-refractivity contribution in [1.29, 1.82) is 0 Å². The Bertz CT molecular complexity index is 1260. The fourth-order valence-electron chi connectivity index (χ4n) is 3.70. The molecule has 4 rings (SSSR count). The van der Waals surface area contributed by atoms with E-state index < -0.39 is 0 Å².